The van der Waals surface area contributed by atoms with Crippen molar-refractivity contribution in [2.75, 3.05) is 0 Å². The second-order valence-corrected chi connectivity index (χ2v) is 2.16. The van der Waals surface area contributed by atoms with Crippen LogP contribution in [0.25, 0.3) is 0 Å². The second-order valence-electron chi connectivity index (χ2n) is 2.16. The van der Waals surface area contributed by atoms with E-state index >= 15 is 0 Å². The molecule has 0 atom stereocenters. The minimum absolute atomic E-state index is 0.255. The van der Waals surface area contributed by atoms with Gasteiger partial charge in [0, 0.05) is 18.3 Å². The van der Waals surface area contributed by atoms with Gasteiger partial charge in [-0.2, -0.15) is 0 Å². The smallest absolute Gasteiger partial charge is 0.217 e. The van der Waals surface area contributed by atoms with Crippen LogP contribution in [0.4, 0.5) is 0 Å². The fraction of sp³-hybridized carbons (Fsp3) is 0.286. The van der Waals surface area contributed by atoms with E-state index in [0.29, 0.717) is 12.8 Å². The largest absolute Gasteiger partial charge is 0.370 e. The van der Waals surface area contributed by atoms with Gasteiger partial charge in [-0.05, 0) is 18.6 Å². The highest BCUT2D eigenvalue weighted by Crippen LogP contribution is 1.97. The van der Waals surface area contributed by atoms with Crippen molar-refractivity contribution in [2.45, 2.75) is 12.8 Å². The SMILES string of the molecule is NC(=O)CCc1ccc[nH]1. The Bertz CT molecular complexity index is 203. The summed E-state index contributed by atoms with van der Waals surface area (Å²) in [6.07, 6.45) is 2.96. The number of carbonyl (C=O) groups is 1. The molecule has 1 aromatic heterocycles. The summed E-state index contributed by atoms with van der Waals surface area (Å²) in [4.78, 5) is 13.3. The van der Waals surface area contributed by atoms with Crippen LogP contribution in [0.3, 0.4) is 0 Å². The molecule has 0 aromatic carbocycles. The Balaban J connectivity index is 2.35. The lowest BCUT2D eigenvalue weighted by atomic mass is 10.2. The maximum atomic E-state index is 10.3. The third-order valence-corrected chi connectivity index (χ3v) is 1.30. The number of carbonyl (C=O) groups excluding carboxylic acids is 1. The van der Waals surface area contributed by atoms with Crippen LogP contribution in [-0.2, 0) is 11.2 Å². The number of nitrogens with two attached hydrogens (primary N) is 1. The molecular formula is C7H10N2O. The monoisotopic (exact) mass is 138 g/mol. The van der Waals surface area contributed by atoms with Crippen LogP contribution in [0.5, 0.6) is 0 Å². The van der Waals surface area contributed by atoms with Crippen LogP contribution in [0.15, 0.2) is 18.3 Å². The van der Waals surface area contributed by atoms with Crippen molar-refractivity contribution in [1.82, 2.24) is 4.98 Å². The predicted molar refractivity (Wildman–Crippen MR) is 38.3 cm³/mol. The number of hydrogen-bond donors (Lipinski definition) is 2. The molecule has 0 aliphatic heterocycles. The second kappa shape index (κ2) is 3.06. The number of aryl methyl sites for hydroxylation is 1. The summed E-state index contributed by atoms with van der Waals surface area (Å²) < 4.78 is 0. The lowest BCUT2D eigenvalue weighted by Gasteiger charge is -1.91. The van der Waals surface area contributed by atoms with Crippen LogP contribution >= 0.6 is 0 Å². The van der Waals surface area contributed by atoms with Crippen LogP contribution in [-0.4, -0.2) is 10.9 Å². The zero-order valence-corrected chi connectivity index (χ0v) is 5.63. The summed E-state index contributed by atoms with van der Waals surface area (Å²) in [5.74, 6) is -0.255. The molecule has 1 aromatic rings. The Morgan fingerprint density at radius 3 is 3.00 bits per heavy atom. The molecule has 0 unspecified atom stereocenters. The van der Waals surface area contributed by atoms with E-state index in [9.17, 15) is 4.79 Å². The Hall–Kier alpha value is -1.25. The van der Waals surface area contributed by atoms with E-state index in [1.54, 1.807) is 0 Å². The third-order valence-electron chi connectivity index (χ3n) is 1.30. The summed E-state index contributed by atoms with van der Waals surface area (Å²) in [6.45, 7) is 0. The molecule has 0 radical (unpaired) electrons. The standard InChI is InChI=1S/C7H10N2O/c8-7(10)4-3-6-2-1-5-9-6/h1-2,5,9H,3-4H2,(H2,8,10). The fourth-order valence-corrected chi connectivity index (χ4v) is 0.781. The predicted octanol–water partition coefficient (Wildman–Crippen LogP) is 0.433. The molecule has 3 N–H and O–H groups in total. The number of aromatic nitrogens is 1. The van der Waals surface area contributed by atoms with Crippen LogP contribution in [0, 0.1) is 0 Å². The zero-order chi connectivity index (χ0) is 7.40. The van der Waals surface area contributed by atoms with E-state index in [1.807, 2.05) is 18.3 Å². The molecule has 3 nitrogen and oxygen atoms in total. The lowest BCUT2D eigenvalue weighted by Crippen LogP contribution is -2.11. The molecule has 0 saturated carbocycles. The number of H-pyrrole nitrogens is 1. The van der Waals surface area contributed by atoms with Gasteiger partial charge in [0.2, 0.25) is 5.91 Å². The Morgan fingerprint density at radius 2 is 2.50 bits per heavy atom. The summed E-state index contributed by atoms with van der Waals surface area (Å²) >= 11 is 0. The van der Waals surface area contributed by atoms with Gasteiger partial charge < -0.3 is 10.7 Å². The van der Waals surface area contributed by atoms with E-state index in [4.69, 9.17) is 5.73 Å². The summed E-state index contributed by atoms with van der Waals surface area (Å²) in [5.41, 5.74) is 6.01. The number of hydrogen-bond acceptors (Lipinski definition) is 1. The van der Waals surface area contributed by atoms with Gasteiger partial charge in [0.1, 0.15) is 0 Å². The molecule has 0 fully saturated rings. The van der Waals surface area contributed by atoms with Crippen LogP contribution in [0.1, 0.15) is 12.1 Å². The fourth-order valence-electron chi connectivity index (χ4n) is 0.781. The zero-order valence-electron chi connectivity index (χ0n) is 5.63. The van der Waals surface area contributed by atoms with Gasteiger partial charge in [0.25, 0.3) is 0 Å². The van der Waals surface area contributed by atoms with Gasteiger partial charge in [-0.15, -0.1) is 0 Å². The minimum Gasteiger partial charge on any atom is -0.370 e. The first-order valence-corrected chi connectivity index (χ1v) is 3.19. The summed E-state index contributed by atoms with van der Waals surface area (Å²) in [6, 6.07) is 3.83. The highest BCUT2D eigenvalue weighted by Gasteiger charge is 1.95. The maximum Gasteiger partial charge on any atom is 0.217 e. The van der Waals surface area contributed by atoms with Crippen molar-refractivity contribution >= 4 is 5.91 Å². The first-order valence-electron chi connectivity index (χ1n) is 3.19. The average Bonchev–Trinajstić information content (AvgIpc) is 2.34. The normalized spacial score (nSPS) is 9.60. The number of nitrogens with one attached hydrogen (secondary N) is 1. The van der Waals surface area contributed by atoms with E-state index in [1.165, 1.54) is 0 Å². The van der Waals surface area contributed by atoms with Crippen molar-refractivity contribution < 1.29 is 4.79 Å². The van der Waals surface area contributed by atoms with Crippen LogP contribution in [0.2, 0.25) is 0 Å². The van der Waals surface area contributed by atoms with Gasteiger partial charge in [0.05, 0.1) is 0 Å². The number of aromatic amines is 1. The molecule has 3 heteroatoms. The highest BCUT2D eigenvalue weighted by molar-refractivity contribution is 5.73. The Morgan fingerprint density at radius 1 is 1.70 bits per heavy atom. The van der Waals surface area contributed by atoms with Crippen molar-refractivity contribution in [1.29, 1.82) is 0 Å². The third kappa shape index (κ3) is 1.93. The molecule has 1 rings (SSSR count). The van der Waals surface area contributed by atoms with Crippen molar-refractivity contribution in [3.8, 4) is 0 Å². The number of amides is 1. The van der Waals surface area contributed by atoms with Crippen LogP contribution < -0.4 is 5.73 Å². The van der Waals surface area contributed by atoms with Crippen molar-refractivity contribution in [2.24, 2.45) is 5.73 Å². The van der Waals surface area contributed by atoms with Gasteiger partial charge in [-0.1, -0.05) is 0 Å². The van der Waals surface area contributed by atoms with E-state index < -0.39 is 0 Å². The summed E-state index contributed by atoms with van der Waals surface area (Å²) in [7, 11) is 0. The molecule has 0 aliphatic rings. The number of rotatable bonds is 3. The lowest BCUT2D eigenvalue weighted by molar-refractivity contribution is -0.118. The van der Waals surface area contributed by atoms with E-state index in [-0.39, 0.29) is 5.91 Å². The summed E-state index contributed by atoms with van der Waals surface area (Å²) in [5, 5.41) is 0. The van der Waals surface area contributed by atoms with E-state index in [2.05, 4.69) is 4.98 Å². The number of primary amides is 1. The quantitative estimate of drug-likeness (QED) is 0.625. The molecule has 0 spiro atoms. The molecule has 0 saturated heterocycles. The highest BCUT2D eigenvalue weighted by atomic mass is 16.1. The molecule has 10 heavy (non-hydrogen) atoms. The first kappa shape index (κ1) is 6.86. The van der Waals surface area contributed by atoms with Gasteiger partial charge in [-0.25, -0.2) is 0 Å². The maximum absolute atomic E-state index is 10.3. The van der Waals surface area contributed by atoms with Crippen molar-refractivity contribution in [3.63, 3.8) is 0 Å². The molecule has 1 amide bonds. The topological polar surface area (TPSA) is 58.9 Å². The first-order chi connectivity index (χ1) is 4.79. The van der Waals surface area contributed by atoms with E-state index in [0.717, 1.165) is 5.69 Å². The molecular weight excluding hydrogens is 128 g/mol. The Kier molecular flexibility index (Phi) is 2.10. The van der Waals surface area contributed by atoms with Gasteiger partial charge >= 0.3 is 0 Å². The molecule has 1 heterocycles. The average molecular weight is 138 g/mol. The minimum atomic E-state index is -0.255. The van der Waals surface area contributed by atoms with Gasteiger partial charge in [-0.3, -0.25) is 4.79 Å². The van der Waals surface area contributed by atoms with Gasteiger partial charge in [0.15, 0.2) is 0 Å². The molecule has 0 bridgehead atoms. The molecule has 0 aliphatic carbocycles. The van der Waals surface area contributed by atoms with Crippen molar-refractivity contribution in [3.05, 3.63) is 24.0 Å². The Labute approximate surface area is 59.2 Å². The molecule has 54 valence electrons.